The second-order valence-electron chi connectivity index (χ2n) is 3.85. The molecule has 4 nitrogen and oxygen atoms in total. The van der Waals surface area contributed by atoms with E-state index in [-0.39, 0.29) is 12.2 Å². The molecular weight excluding hydrogens is 290 g/mol. The van der Waals surface area contributed by atoms with Crippen LogP contribution < -0.4 is 10.7 Å². The molecule has 0 saturated heterocycles. The van der Waals surface area contributed by atoms with E-state index in [4.69, 9.17) is 12.2 Å². The van der Waals surface area contributed by atoms with Gasteiger partial charge < -0.3 is 5.32 Å². The molecule has 0 atom stereocenters. The Morgan fingerprint density at radius 1 is 1.25 bits per heavy atom. The highest BCUT2D eigenvalue weighted by Gasteiger charge is 2.03. The maximum Gasteiger partial charge on any atom is 0.191 e. The lowest BCUT2D eigenvalue weighted by Gasteiger charge is -2.05. The van der Waals surface area contributed by atoms with Crippen LogP contribution in [0.2, 0.25) is 0 Å². The van der Waals surface area contributed by atoms with Crippen molar-refractivity contribution in [2.24, 2.45) is 5.10 Å². The van der Waals surface area contributed by atoms with Crippen molar-refractivity contribution < 1.29 is 4.79 Å². The van der Waals surface area contributed by atoms with Gasteiger partial charge in [0.1, 0.15) is 0 Å². The number of ketones is 1. The van der Waals surface area contributed by atoms with Gasteiger partial charge in [0.05, 0.1) is 4.88 Å². The van der Waals surface area contributed by atoms with Crippen LogP contribution >= 0.6 is 23.6 Å². The van der Waals surface area contributed by atoms with Gasteiger partial charge in [-0.3, -0.25) is 10.2 Å². The van der Waals surface area contributed by atoms with Gasteiger partial charge in [0.25, 0.3) is 0 Å². The van der Waals surface area contributed by atoms with Crippen LogP contribution in [-0.2, 0) is 0 Å². The first-order chi connectivity index (χ1) is 9.75. The number of thiophene rings is 1. The van der Waals surface area contributed by atoms with E-state index in [1.165, 1.54) is 17.6 Å². The molecule has 0 unspecified atom stereocenters. The molecule has 2 aromatic rings. The molecule has 1 heterocycles. The third kappa shape index (κ3) is 4.56. The molecule has 0 aliphatic heterocycles. The SMILES string of the molecule is O=C(C/C=N/NC(=S)Nc1ccccc1)c1cccs1. The van der Waals surface area contributed by atoms with Gasteiger partial charge in [-0.25, -0.2) is 0 Å². The number of nitrogens with one attached hydrogen (secondary N) is 2. The maximum absolute atomic E-state index is 11.7. The Bertz CT molecular complexity index is 594. The molecule has 0 spiro atoms. The second kappa shape index (κ2) is 7.52. The summed E-state index contributed by atoms with van der Waals surface area (Å²) in [7, 11) is 0. The van der Waals surface area contributed by atoms with E-state index < -0.39 is 0 Å². The summed E-state index contributed by atoms with van der Waals surface area (Å²) in [5, 5.41) is 9.17. The number of para-hydroxylation sites is 1. The van der Waals surface area contributed by atoms with Gasteiger partial charge in [-0.05, 0) is 35.8 Å². The molecule has 0 saturated carbocycles. The number of nitrogens with zero attached hydrogens (tertiary/aromatic N) is 1. The lowest BCUT2D eigenvalue weighted by Crippen LogP contribution is -2.23. The summed E-state index contributed by atoms with van der Waals surface area (Å²) < 4.78 is 0. The fourth-order valence-corrected chi connectivity index (χ4v) is 2.30. The molecule has 1 aromatic heterocycles. The summed E-state index contributed by atoms with van der Waals surface area (Å²) in [6.07, 6.45) is 1.77. The average molecular weight is 303 g/mol. The van der Waals surface area contributed by atoms with Gasteiger partial charge in [0.15, 0.2) is 10.9 Å². The molecule has 0 aliphatic rings. The van der Waals surface area contributed by atoms with E-state index >= 15 is 0 Å². The van der Waals surface area contributed by atoms with E-state index in [1.807, 2.05) is 41.8 Å². The number of thiocarbonyl (C=S) groups is 1. The number of hydrogen-bond donors (Lipinski definition) is 2. The van der Waals surface area contributed by atoms with Crippen molar-refractivity contribution in [3.8, 4) is 0 Å². The Labute approximate surface area is 126 Å². The predicted molar refractivity (Wildman–Crippen MR) is 87.6 cm³/mol. The molecule has 2 rings (SSSR count). The van der Waals surface area contributed by atoms with Crippen LogP contribution in [0.1, 0.15) is 16.1 Å². The van der Waals surface area contributed by atoms with E-state index in [0.29, 0.717) is 5.11 Å². The van der Waals surface area contributed by atoms with Crippen molar-refractivity contribution >= 4 is 46.4 Å². The average Bonchev–Trinajstić information content (AvgIpc) is 2.99. The number of benzene rings is 1. The smallest absolute Gasteiger partial charge is 0.191 e. The fourth-order valence-electron chi connectivity index (χ4n) is 1.45. The lowest BCUT2D eigenvalue weighted by molar-refractivity contribution is 0.101. The van der Waals surface area contributed by atoms with Crippen molar-refractivity contribution in [2.75, 3.05) is 5.32 Å². The largest absolute Gasteiger partial charge is 0.331 e. The maximum atomic E-state index is 11.7. The van der Waals surface area contributed by atoms with E-state index in [2.05, 4.69) is 15.8 Å². The van der Waals surface area contributed by atoms with Crippen molar-refractivity contribution in [2.45, 2.75) is 6.42 Å². The summed E-state index contributed by atoms with van der Waals surface area (Å²) in [5.74, 6) is 0.0486. The fraction of sp³-hybridized carbons (Fsp3) is 0.0714. The molecule has 1 aromatic carbocycles. The molecule has 0 radical (unpaired) electrons. The Hall–Kier alpha value is -2.05. The minimum atomic E-state index is 0.0486. The summed E-state index contributed by atoms with van der Waals surface area (Å²) in [5.41, 5.74) is 3.56. The van der Waals surface area contributed by atoms with Gasteiger partial charge in [-0.15, -0.1) is 11.3 Å². The first kappa shape index (κ1) is 14.4. The van der Waals surface area contributed by atoms with E-state index in [0.717, 1.165) is 10.6 Å². The second-order valence-corrected chi connectivity index (χ2v) is 5.20. The minimum absolute atomic E-state index is 0.0486. The summed E-state index contributed by atoms with van der Waals surface area (Å²) >= 11 is 6.50. The van der Waals surface area contributed by atoms with Crippen LogP contribution in [0, 0.1) is 0 Å². The molecule has 0 amide bonds. The van der Waals surface area contributed by atoms with Crippen molar-refractivity contribution in [1.29, 1.82) is 0 Å². The molecule has 102 valence electrons. The normalized spacial score (nSPS) is 10.4. The van der Waals surface area contributed by atoms with Crippen molar-refractivity contribution in [3.63, 3.8) is 0 Å². The van der Waals surface area contributed by atoms with Gasteiger partial charge in [0, 0.05) is 18.3 Å². The Balaban J connectivity index is 1.73. The Kier molecular flexibility index (Phi) is 5.40. The highest BCUT2D eigenvalue weighted by molar-refractivity contribution is 7.80. The molecule has 0 bridgehead atoms. The molecule has 0 aliphatic carbocycles. The van der Waals surface area contributed by atoms with Gasteiger partial charge in [-0.2, -0.15) is 5.10 Å². The third-order valence-electron chi connectivity index (χ3n) is 2.36. The Morgan fingerprint density at radius 2 is 2.05 bits per heavy atom. The highest BCUT2D eigenvalue weighted by Crippen LogP contribution is 2.10. The predicted octanol–water partition coefficient (Wildman–Crippen LogP) is 3.29. The zero-order valence-corrected chi connectivity index (χ0v) is 12.2. The van der Waals surface area contributed by atoms with Crippen LogP contribution in [0.4, 0.5) is 5.69 Å². The first-order valence-electron chi connectivity index (χ1n) is 5.96. The van der Waals surface area contributed by atoms with Gasteiger partial charge >= 0.3 is 0 Å². The lowest BCUT2D eigenvalue weighted by atomic mass is 10.2. The molecule has 0 fully saturated rings. The van der Waals surface area contributed by atoms with Crippen molar-refractivity contribution in [1.82, 2.24) is 5.43 Å². The first-order valence-corrected chi connectivity index (χ1v) is 7.25. The van der Waals surface area contributed by atoms with Crippen LogP contribution in [0.15, 0.2) is 52.9 Å². The molecular formula is C14H13N3OS2. The summed E-state index contributed by atoms with van der Waals surface area (Å²) in [4.78, 5) is 12.4. The number of Topliss-reactive ketones (excluding diaryl/α,β-unsaturated/α-hetero) is 1. The monoisotopic (exact) mass is 303 g/mol. The number of anilines is 1. The highest BCUT2D eigenvalue weighted by atomic mass is 32.1. The molecule has 6 heteroatoms. The quantitative estimate of drug-likeness (QED) is 0.385. The van der Waals surface area contributed by atoms with Crippen LogP contribution in [0.5, 0.6) is 0 Å². The summed E-state index contributed by atoms with van der Waals surface area (Å²) in [6.45, 7) is 0. The van der Waals surface area contributed by atoms with Gasteiger partial charge in [-0.1, -0.05) is 24.3 Å². The van der Waals surface area contributed by atoms with E-state index in [9.17, 15) is 4.79 Å². The molecule has 2 N–H and O–H groups in total. The minimum Gasteiger partial charge on any atom is -0.331 e. The standard InChI is InChI=1S/C14H13N3OS2/c18-12(13-7-4-10-20-13)8-9-15-17-14(19)16-11-5-2-1-3-6-11/h1-7,9-10H,8H2,(H2,16,17,19)/b15-9+. The van der Waals surface area contributed by atoms with E-state index in [1.54, 1.807) is 6.07 Å². The zero-order valence-electron chi connectivity index (χ0n) is 10.6. The van der Waals surface area contributed by atoms with Crippen LogP contribution in [-0.4, -0.2) is 17.1 Å². The summed E-state index contributed by atoms with van der Waals surface area (Å²) in [6, 6.07) is 13.2. The van der Waals surface area contributed by atoms with Crippen LogP contribution in [0.3, 0.4) is 0 Å². The third-order valence-corrected chi connectivity index (χ3v) is 3.47. The number of hydrogen-bond acceptors (Lipinski definition) is 4. The van der Waals surface area contributed by atoms with Gasteiger partial charge in [0.2, 0.25) is 0 Å². The molecule has 20 heavy (non-hydrogen) atoms. The number of rotatable bonds is 5. The zero-order chi connectivity index (χ0) is 14.2. The topological polar surface area (TPSA) is 53.5 Å². The Morgan fingerprint density at radius 3 is 2.75 bits per heavy atom. The van der Waals surface area contributed by atoms with Crippen LogP contribution in [0.25, 0.3) is 0 Å². The van der Waals surface area contributed by atoms with Crippen molar-refractivity contribution in [3.05, 3.63) is 52.7 Å². The number of hydrazone groups is 1. The number of carbonyl (C=O) groups is 1. The number of carbonyl (C=O) groups excluding carboxylic acids is 1.